The highest BCUT2D eigenvalue weighted by Crippen LogP contribution is 2.33. The number of aromatic amines is 1. The van der Waals surface area contributed by atoms with Crippen molar-refractivity contribution in [1.82, 2.24) is 10.2 Å². The summed E-state index contributed by atoms with van der Waals surface area (Å²) >= 11 is 0. The summed E-state index contributed by atoms with van der Waals surface area (Å²) in [5.74, 6) is -0.551. The van der Waals surface area contributed by atoms with Crippen LogP contribution in [0.2, 0.25) is 0 Å². The number of hydrogen-bond donors (Lipinski definition) is 2. The molecule has 0 aliphatic heterocycles. The molecule has 4 heteroatoms. The first-order valence-electron chi connectivity index (χ1n) is 4.01. The summed E-state index contributed by atoms with van der Waals surface area (Å²) in [4.78, 5) is 10.5. The maximum absolute atomic E-state index is 10.5. The molecule has 0 amide bonds. The van der Waals surface area contributed by atoms with Crippen molar-refractivity contribution in [2.24, 2.45) is 0 Å². The van der Waals surface area contributed by atoms with Crippen molar-refractivity contribution in [2.75, 3.05) is 0 Å². The van der Waals surface area contributed by atoms with Gasteiger partial charge in [0, 0.05) is 5.69 Å². The van der Waals surface area contributed by atoms with Crippen molar-refractivity contribution in [1.29, 1.82) is 0 Å². The second kappa shape index (κ2) is 2.62. The molecule has 2 rings (SSSR count). The molecule has 0 spiro atoms. The number of nitrogens with zero attached hydrogens (tertiary/aromatic N) is 1. The Morgan fingerprint density at radius 2 is 2.67 bits per heavy atom. The molecule has 1 unspecified atom stereocenters. The van der Waals surface area contributed by atoms with E-state index in [0.29, 0.717) is 0 Å². The van der Waals surface area contributed by atoms with Crippen LogP contribution in [0.15, 0.2) is 6.20 Å². The first kappa shape index (κ1) is 7.34. The lowest BCUT2D eigenvalue weighted by atomic mass is 10.0. The smallest absolute Gasteiger partial charge is 0.303 e. The van der Waals surface area contributed by atoms with Gasteiger partial charge in [0.2, 0.25) is 0 Å². The van der Waals surface area contributed by atoms with E-state index >= 15 is 0 Å². The molecule has 0 saturated carbocycles. The van der Waals surface area contributed by atoms with Crippen LogP contribution in [0.25, 0.3) is 0 Å². The predicted molar refractivity (Wildman–Crippen MR) is 41.9 cm³/mol. The van der Waals surface area contributed by atoms with E-state index in [-0.39, 0.29) is 12.3 Å². The first-order valence-corrected chi connectivity index (χ1v) is 4.01. The van der Waals surface area contributed by atoms with E-state index in [0.717, 1.165) is 24.1 Å². The summed E-state index contributed by atoms with van der Waals surface area (Å²) in [6, 6.07) is 0. The van der Waals surface area contributed by atoms with Gasteiger partial charge in [-0.1, -0.05) is 0 Å². The molecule has 1 aliphatic rings. The van der Waals surface area contributed by atoms with Gasteiger partial charge >= 0.3 is 5.97 Å². The number of fused-ring (bicyclic) bond motifs is 1. The number of carboxylic acids is 1. The van der Waals surface area contributed by atoms with Crippen LogP contribution < -0.4 is 0 Å². The highest BCUT2D eigenvalue weighted by molar-refractivity contribution is 5.68. The third kappa shape index (κ3) is 1.09. The van der Waals surface area contributed by atoms with Crippen LogP contribution in [-0.2, 0) is 11.2 Å². The predicted octanol–water partition coefficient (Wildman–Crippen LogP) is 0.914. The summed E-state index contributed by atoms with van der Waals surface area (Å²) in [5.41, 5.74) is 2.21. The van der Waals surface area contributed by atoms with Crippen molar-refractivity contribution in [3.63, 3.8) is 0 Å². The summed E-state index contributed by atoms with van der Waals surface area (Å²) in [7, 11) is 0. The number of aliphatic carboxylic acids is 1. The summed E-state index contributed by atoms with van der Waals surface area (Å²) in [6.07, 6.45) is 3.85. The Kier molecular flexibility index (Phi) is 1.60. The minimum atomic E-state index is -0.728. The number of nitrogens with one attached hydrogen (secondary N) is 1. The normalized spacial score (nSPS) is 20.8. The fourth-order valence-electron chi connectivity index (χ4n) is 1.77. The molecule has 2 N–H and O–H groups in total. The number of aryl methyl sites for hydroxylation is 1. The lowest BCUT2D eigenvalue weighted by molar-refractivity contribution is -0.137. The Bertz CT molecular complexity index is 306. The Morgan fingerprint density at radius 3 is 3.42 bits per heavy atom. The van der Waals surface area contributed by atoms with Crippen LogP contribution in [0.5, 0.6) is 0 Å². The molecular formula is C8H10N2O2. The van der Waals surface area contributed by atoms with Gasteiger partial charge in [-0.25, -0.2) is 0 Å². The zero-order chi connectivity index (χ0) is 8.55. The number of carboxylic acid groups (broad SMARTS) is 1. The summed E-state index contributed by atoms with van der Waals surface area (Å²) < 4.78 is 0. The van der Waals surface area contributed by atoms with Crippen LogP contribution in [0.4, 0.5) is 0 Å². The van der Waals surface area contributed by atoms with Crippen LogP contribution >= 0.6 is 0 Å². The lowest BCUT2D eigenvalue weighted by Crippen LogP contribution is -2.02. The van der Waals surface area contributed by atoms with E-state index in [2.05, 4.69) is 10.2 Å². The Labute approximate surface area is 69.6 Å². The van der Waals surface area contributed by atoms with E-state index in [1.54, 1.807) is 6.20 Å². The van der Waals surface area contributed by atoms with Crippen molar-refractivity contribution in [3.05, 3.63) is 17.5 Å². The van der Waals surface area contributed by atoms with Gasteiger partial charge in [-0.3, -0.25) is 9.89 Å². The topological polar surface area (TPSA) is 66.0 Å². The van der Waals surface area contributed by atoms with Gasteiger partial charge in [0.15, 0.2) is 0 Å². The standard InChI is InChI=1S/C8H10N2O2/c11-8(12)3-5-1-2-7-6(5)4-9-10-7/h4-5H,1-3H2,(H,9,10)(H,11,12). The van der Waals surface area contributed by atoms with Crippen LogP contribution in [0, 0.1) is 0 Å². The average molecular weight is 166 g/mol. The molecule has 64 valence electrons. The summed E-state index contributed by atoms with van der Waals surface area (Å²) in [6.45, 7) is 0. The van der Waals surface area contributed by atoms with Gasteiger partial charge in [0.1, 0.15) is 0 Å². The second-order valence-corrected chi connectivity index (χ2v) is 3.14. The zero-order valence-electron chi connectivity index (χ0n) is 6.58. The fraction of sp³-hybridized carbons (Fsp3) is 0.500. The highest BCUT2D eigenvalue weighted by atomic mass is 16.4. The van der Waals surface area contributed by atoms with Gasteiger partial charge in [-0.2, -0.15) is 5.10 Å². The molecule has 0 bridgehead atoms. The van der Waals surface area contributed by atoms with E-state index in [1.807, 2.05) is 0 Å². The molecule has 12 heavy (non-hydrogen) atoms. The number of H-pyrrole nitrogens is 1. The van der Waals surface area contributed by atoms with Crippen LogP contribution in [0.1, 0.15) is 30.0 Å². The number of aromatic nitrogens is 2. The quantitative estimate of drug-likeness (QED) is 0.686. The van der Waals surface area contributed by atoms with E-state index in [9.17, 15) is 4.79 Å². The third-order valence-corrected chi connectivity index (χ3v) is 2.36. The van der Waals surface area contributed by atoms with Gasteiger partial charge in [0.25, 0.3) is 0 Å². The first-order chi connectivity index (χ1) is 5.77. The van der Waals surface area contributed by atoms with Crippen molar-refractivity contribution < 1.29 is 9.90 Å². The molecule has 1 aliphatic carbocycles. The van der Waals surface area contributed by atoms with Gasteiger partial charge in [-0.15, -0.1) is 0 Å². The Balaban J connectivity index is 2.17. The average Bonchev–Trinajstić information content (AvgIpc) is 2.52. The molecular weight excluding hydrogens is 156 g/mol. The van der Waals surface area contributed by atoms with Gasteiger partial charge in [0.05, 0.1) is 12.6 Å². The molecule has 1 aromatic heterocycles. The van der Waals surface area contributed by atoms with Gasteiger partial charge < -0.3 is 5.11 Å². The Morgan fingerprint density at radius 1 is 1.83 bits per heavy atom. The van der Waals surface area contributed by atoms with Crippen molar-refractivity contribution in [3.8, 4) is 0 Å². The maximum atomic E-state index is 10.5. The molecule has 0 aromatic carbocycles. The SMILES string of the molecule is O=C(O)CC1CCc2[nH]ncc21. The fourth-order valence-corrected chi connectivity index (χ4v) is 1.77. The number of hydrogen-bond acceptors (Lipinski definition) is 2. The van der Waals surface area contributed by atoms with Crippen molar-refractivity contribution >= 4 is 5.97 Å². The monoisotopic (exact) mass is 166 g/mol. The third-order valence-electron chi connectivity index (χ3n) is 2.36. The molecule has 0 fully saturated rings. The van der Waals surface area contributed by atoms with Crippen molar-refractivity contribution in [2.45, 2.75) is 25.2 Å². The van der Waals surface area contributed by atoms with Crippen LogP contribution in [0.3, 0.4) is 0 Å². The second-order valence-electron chi connectivity index (χ2n) is 3.14. The van der Waals surface area contributed by atoms with E-state index in [1.165, 1.54) is 0 Å². The molecule has 1 heterocycles. The molecule has 1 aromatic rings. The highest BCUT2D eigenvalue weighted by Gasteiger charge is 2.25. The maximum Gasteiger partial charge on any atom is 0.303 e. The molecule has 0 radical (unpaired) electrons. The largest absolute Gasteiger partial charge is 0.481 e. The van der Waals surface area contributed by atoms with E-state index in [4.69, 9.17) is 5.11 Å². The Hall–Kier alpha value is -1.32. The molecule has 0 saturated heterocycles. The minimum Gasteiger partial charge on any atom is -0.481 e. The van der Waals surface area contributed by atoms with E-state index < -0.39 is 5.97 Å². The summed E-state index contributed by atoms with van der Waals surface area (Å²) in [5, 5.41) is 15.4. The van der Waals surface area contributed by atoms with Crippen LogP contribution in [-0.4, -0.2) is 21.3 Å². The number of rotatable bonds is 2. The lowest BCUT2D eigenvalue weighted by Gasteiger charge is -2.03. The molecule has 1 atom stereocenters. The zero-order valence-corrected chi connectivity index (χ0v) is 6.58. The van der Waals surface area contributed by atoms with Gasteiger partial charge in [-0.05, 0) is 24.3 Å². The molecule has 4 nitrogen and oxygen atoms in total. The number of carbonyl (C=O) groups is 1. The minimum absolute atomic E-state index is 0.177.